The molecule has 0 bridgehead atoms. The molecule has 0 aliphatic heterocycles. The number of aryl methyl sites for hydroxylation is 2. The van der Waals surface area contributed by atoms with Crippen molar-refractivity contribution >= 4 is 5.78 Å². The molecule has 4 aromatic rings. The number of hydrogen-bond donors (Lipinski definition) is 1. The molecule has 4 atom stereocenters. The van der Waals surface area contributed by atoms with Crippen molar-refractivity contribution < 1.29 is 9.90 Å². The Balaban J connectivity index is 1.85. The van der Waals surface area contributed by atoms with E-state index in [1.54, 1.807) is 24.3 Å². The second kappa shape index (κ2) is 10.3. The minimum atomic E-state index is -1.64. The van der Waals surface area contributed by atoms with Gasteiger partial charge in [-0.2, -0.15) is 10.5 Å². The van der Waals surface area contributed by atoms with Crippen LogP contribution in [0.25, 0.3) is 0 Å². The molecular formula is C35H30N2O2. The normalized spacial score (nSPS) is 23.8. The van der Waals surface area contributed by atoms with Crippen molar-refractivity contribution in [2.45, 2.75) is 37.7 Å². The molecule has 1 N–H and O–H groups in total. The summed E-state index contributed by atoms with van der Waals surface area (Å²) in [4.78, 5) is 14.5. The predicted octanol–water partition coefficient (Wildman–Crippen LogP) is 7.00. The first-order chi connectivity index (χ1) is 18.8. The van der Waals surface area contributed by atoms with Gasteiger partial charge in [0.25, 0.3) is 0 Å². The Bertz CT molecular complexity index is 1530. The minimum absolute atomic E-state index is 0.0484. The molecule has 0 unspecified atom stereocenters. The van der Waals surface area contributed by atoms with Crippen LogP contribution in [0.3, 0.4) is 0 Å². The molecule has 1 aliphatic carbocycles. The zero-order chi connectivity index (χ0) is 27.6. The molecule has 1 fully saturated rings. The lowest BCUT2D eigenvalue weighted by atomic mass is 9.48. The van der Waals surface area contributed by atoms with E-state index in [0.717, 1.165) is 16.7 Å². The first-order valence-electron chi connectivity index (χ1n) is 13.2. The summed E-state index contributed by atoms with van der Waals surface area (Å²) in [5, 5.41) is 34.5. The highest BCUT2D eigenvalue weighted by molar-refractivity contribution is 5.99. The van der Waals surface area contributed by atoms with Gasteiger partial charge in [-0.05, 0) is 37.0 Å². The first-order valence-corrected chi connectivity index (χ1v) is 13.2. The van der Waals surface area contributed by atoms with E-state index < -0.39 is 28.8 Å². The third kappa shape index (κ3) is 4.44. The third-order valence-electron chi connectivity index (χ3n) is 8.30. The minimum Gasteiger partial charge on any atom is -0.384 e. The highest BCUT2D eigenvalue weighted by atomic mass is 16.3. The van der Waals surface area contributed by atoms with Gasteiger partial charge >= 0.3 is 0 Å². The number of aliphatic hydroxyl groups is 1. The average molecular weight is 511 g/mol. The second-order valence-electron chi connectivity index (χ2n) is 10.6. The summed E-state index contributed by atoms with van der Waals surface area (Å²) in [6, 6.07) is 38.3. The van der Waals surface area contributed by atoms with Crippen molar-refractivity contribution in [2.75, 3.05) is 0 Å². The first kappa shape index (κ1) is 26.1. The van der Waals surface area contributed by atoms with Crippen molar-refractivity contribution in [3.05, 3.63) is 143 Å². The van der Waals surface area contributed by atoms with Crippen molar-refractivity contribution in [3.8, 4) is 12.1 Å². The Kier molecular flexibility index (Phi) is 6.92. The summed E-state index contributed by atoms with van der Waals surface area (Å²) in [6.45, 7) is 3.95. The van der Waals surface area contributed by atoms with Crippen LogP contribution in [0.5, 0.6) is 0 Å². The number of hydrogen-bond acceptors (Lipinski definition) is 4. The van der Waals surface area contributed by atoms with Crippen LogP contribution >= 0.6 is 0 Å². The molecule has 4 nitrogen and oxygen atoms in total. The Morgan fingerprint density at radius 3 is 1.74 bits per heavy atom. The van der Waals surface area contributed by atoms with Gasteiger partial charge in [-0.1, -0.05) is 120 Å². The van der Waals surface area contributed by atoms with E-state index in [1.807, 2.05) is 98.8 Å². The molecular weight excluding hydrogens is 480 g/mol. The molecule has 4 aromatic carbocycles. The molecule has 0 heterocycles. The molecule has 1 aliphatic rings. The lowest BCUT2D eigenvalue weighted by Crippen LogP contribution is -2.55. The topological polar surface area (TPSA) is 84.9 Å². The number of benzene rings is 4. The van der Waals surface area contributed by atoms with Gasteiger partial charge in [0, 0.05) is 17.4 Å². The number of rotatable bonds is 5. The van der Waals surface area contributed by atoms with Gasteiger partial charge in [-0.25, -0.2) is 0 Å². The number of Topliss-reactive ketones (excluding diaryl/α,β-unsaturated/α-hetero) is 1. The maximum absolute atomic E-state index is 14.5. The van der Waals surface area contributed by atoms with Crippen LogP contribution in [-0.2, 0) is 5.60 Å². The molecule has 5 rings (SSSR count). The standard InChI is InChI=1S/C35H30N2O2/c1-24-13-17-26(18-14-24)30-21-35(39,29-11-7-4-8-12-29)32(33(38)28-9-5-3-6-10-28)31(34(30,22-36)23-37)27-19-15-25(2)16-20-27/h3-20,30-32,39H,21H2,1-2H3/t30-,31+,32+,35-/m0/s1. The van der Waals surface area contributed by atoms with Gasteiger partial charge in [0.05, 0.1) is 18.1 Å². The zero-order valence-electron chi connectivity index (χ0n) is 22.1. The van der Waals surface area contributed by atoms with Crippen molar-refractivity contribution in [1.29, 1.82) is 10.5 Å². The van der Waals surface area contributed by atoms with Crippen LogP contribution in [0.2, 0.25) is 0 Å². The molecule has 39 heavy (non-hydrogen) atoms. The quantitative estimate of drug-likeness (QED) is 0.293. The second-order valence-corrected chi connectivity index (χ2v) is 10.6. The van der Waals surface area contributed by atoms with E-state index in [0.29, 0.717) is 16.7 Å². The van der Waals surface area contributed by atoms with Crippen LogP contribution in [0.4, 0.5) is 0 Å². The predicted molar refractivity (Wildman–Crippen MR) is 151 cm³/mol. The van der Waals surface area contributed by atoms with Crippen molar-refractivity contribution in [3.63, 3.8) is 0 Å². The van der Waals surface area contributed by atoms with Gasteiger partial charge in [-0.3, -0.25) is 4.79 Å². The summed E-state index contributed by atoms with van der Waals surface area (Å²) in [5.74, 6) is -2.91. The number of carbonyl (C=O) groups is 1. The van der Waals surface area contributed by atoms with Gasteiger partial charge < -0.3 is 5.11 Å². The summed E-state index contributed by atoms with van der Waals surface area (Å²) in [5.41, 5.74) is 1.33. The summed E-state index contributed by atoms with van der Waals surface area (Å²) in [7, 11) is 0. The van der Waals surface area contributed by atoms with Crippen LogP contribution in [0, 0.1) is 47.8 Å². The van der Waals surface area contributed by atoms with E-state index in [9.17, 15) is 20.4 Å². The molecule has 0 radical (unpaired) electrons. The SMILES string of the molecule is Cc1ccc([C@@H]2[C@H](C(=O)c3ccccc3)[C@@](O)(c3ccccc3)C[C@@H](c3ccc(C)cc3)C2(C#N)C#N)cc1. The zero-order valence-corrected chi connectivity index (χ0v) is 22.1. The highest BCUT2D eigenvalue weighted by Crippen LogP contribution is 2.63. The molecule has 0 amide bonds. The van der Waals surface area contributed by atoms with Gasteiger partial charge in [0.15, 0.2) is 11.2 Å². The molecule has 0 spiro atoms. The van der Waals surface area contributed by atoms with E-state index in [1.165, 1.54) is 0 Å². The van der Waals surface area contributed by atoms with Gasteiger partial charge in [0.1, 0.15) is 5.60 Å². The molecule has 192 valence electrons. The Morgan fingerprint density at radius 1 is 0.744 bits per heavy atom. The maximum atomic E-state index is 14.5. The largest absolute Gasteiger partial charge is 0.384 e. The number of ketones is 1. The fourth-order valence-electron chi connectivity index (χ4n) is 6.26. The molecule has 0 saturated heterocycles. The lowest BCUT2D eigenvalue weighted by molar-refractivity contribution is -0.0783. The summed E-state index contributed by atoms with van der Waals surface area (Å²) < 4.78 is 0. The lowest BCUT2D eigenvalue weighted by Gasteiger charge is -2.53. The van der Waals surface area contributed by atoms with Gasteiger partial charge in [-0.15, -0.1) is 0 Å². The Morgan fingerprint density at radius 2 is 1.23 bits per heavy atom. The highest BCUT2D eigenvalue weighted by Gasteiger charge is 2.64. The number of carbonyl (C=O) groups excluding carboxylic acids is 1. The summed E-state index contributed by atoms with van der Waals surface area (Å²) in [6.07, 6.45) is 0.0484. The number of nitrogens with zero attached hydrogens (tertiary/aromatic N) is 2. The van der Waals surface area contributed by atoms with E-state index in [-0.39, 0.29) is 12.2 Å². The van der Waals surface area contributed by atoms with E-state index in [4.69, 9.17) is 0 Å². The molecule has 4 heteroatoms. The van der Waals surface area contributed by atoms with Crippen LogP contribution < -0.4 is 0 Å². The van der Waals surface area contributed by atoms with Crippen LogP contribution in [0.15, 0.2) is 109 Å². The van der Waals surface area contributed by atoms with Crippen LogP contribution in [0.1, 0.15) is 56.4 Å². The van der Waals surface area contributed by atoms with Crippen molar-refractivity contribution in [2.24, 2.45) is 11.3 Å². The van der Waals surface area contributed by atoms with E-state index in [2.05, 4.69) is 12.1 Å². The number of nitriles is 2. The average Bonchev–Trinajstić information content (AvgIpc) is 2.98. The third-order valence-corrected chi connectivity index (χ3v) is 8.30. The summed E-state index contributed by atoms with van der Waals surface area (Å²) >= 11 is 0. The van der Waals surface area contributed by atoms with Crippen LogP contribution in [-0.4, -0.2) is 10.9 Å². The van der Waals surface area contributed by atoms with Crippen molar-refractivity contribution in [1.82, 2.24) is 0 Å². The molecule has 0 aromatic heterocycles. The smallest absolute Gasteiger partial charge is 0.169 e. The maximum Gasteiger partial charge on any atom is 0.169 e. The van der Waals surface area contributed by atoms with E-state index >= 15 is 0 Å². The Labute approximate surface area is 229 Å². The Hall–Kier alpha value is -4.51. The molecule has 1 saturated carbocycles. The van der Waals surface area contributed by atoms with Gasteiger partial charge in [0.2, 0.25) is 0 Å². The fourth-order valence-corrected chi connectivity index (χ4v) is 6.26. The fraction of sp³-hybridized carbons (Fsp3) is 0.229. The monoisotopic (exact) mass is 510 g/mol.